The highest BCUT2D eigenvalue weighted by atomic mass is 32.2. The van der Waals surface area contributed by atoms with Crippen LogP contribution < -0.4 is 15.3 Å². The fourth-order valence-electron chi connectivity index (χ4n) is 12.5. The van der Waals surface area contributed by atoms with Gasteiger partial charge in [-0.3, -0.25) is 0 Å². The maximum atomic E-state index is 2.53. The fraction of sp³-hybridized carbons (Fsp3) is 0.169. The molecule has 4 heteroatoms. The first-order valence-corrected chi connectivity index (χ1v) is 29.1. The Balaban J connectivity index is 0.921. The predicted octanol–water partition coefficient (Wildman–Crippen LogP) is 17.2. The van der Waals surface area contributed by atoms with Gasteiger partial charge in [-0.1, -0.05) is 224 Å². The van der Waals surface area contributed by atoms with Gasteiger partial charge in [-0.05, 0) is 125 Å². The van der Waals surface area contributed by atoms with Crippen LogP contribution in [0, 0.1) is 0 Å². The minimum atomic E-state index is -1.90. The molecule has 4 aliphatic rings. The van der Waals surface area contributed by atoms with Crippen LogP contribution in [0.5, 0.6) is 0 Å². The summed E-state index contributed by atoms with van der Waals surface area (Å²) in [6, 6.07) is 71.5. The summed E-state index contributed by atoms with van der Waals surface area (Å²) < 4.78 is 0. The number of fused-ring (bicyclic) bond motifs is 12. The summed E-state index contributed by atoms with van der Waals surface area (Å²) in [7, 11) is -1.90. The van der Waals surface area contributed by atoms with Gasteiger partial charge in [0, 0.05) is 58.5 Å². The molecule has 9 aromatic carbocycles. The Morgan fingerprint density at radius 1 is 0.348 bits per heavy atom. The lowest BCUT2D eigenvalue weighted by Crippen LogP contribution is -2.56. The molecule has 2 aliphatic heterocycles. The number of anilines is 3. The van der Waals surface area contributed by atoms with Crippen molar-refractivity contribution in [3.63, 3.8) is 0 Å². The number of benzene rings is 9. The number of nitrogens with zero attached hydrogens (tertiary/aromatic N) is 1. The second-order valence-corrected chi connectivity index (χ2v) is 28.1. The van der Waals surface area contributed by atoms with E-state index in [-0.39, 0.29) is 16.2 Å². The second-order valence-electron chi connectivity index (χ2n) is 21.7. The average molecular weight is 942 g/mol. The summed E-state index contributed by atoms with van der Waals surface area (Å²) in [5, 5.41) is 3.11. The lowest BCUT2D eigenvalue weighted by atomic mass is 9.75. The van der Waals surface area contributed by atoms with Gasteiger partial charge in [0.05, 0.1) is 0 Å². The van der Waals surface area contributed by atoms with Gasteiger partial charge in [0.2, 0.25) is 0 Å². The summed E-state index contributed by atoms with van der Waals surface area (Å²) in [5.74, 6) is 0. The number of rotatable bonds is 5. The molecule has 0 radical (unpaired) electrons. The first-order chi connectivity index (χ1) is 33.2. The molecule has 69 heavy (non-hydrogen) atoms. The van der Waals surface area contributed by atoms with Crippen molar-refractivity contribution in [1.29, 1.82) is 0 Å². The maximum Gasteiger partial charge on any atom is 0.115 e. The van der Waals surface area contributed by atoms with E-state index in [1.54, 1.807) is 10.4 Å². The molecule has 0 saturated heterocycles. The van der Waals surface area contributed by atoms with Crippen molar-refractivity contribution in [1.82, 2.24) is 0 Å². The Morgan fingerprint density at radius 2 is 0.870 bits per heavy atom. The highest BCUT2D eigenvalue weighted by molar-refractivity contribution is 8.00. The Bertz CT molecular complexity index is 3600. The van der Waals surface area contributed by atoms with Gasteiger partial charge in [0.1, 0.15) is 8.07 Å². The number of hydrogen-bond donors (Lipinski definition) is 0. The molecule has 9 aromatic rings. The van der Waals surface area contributed by atoms with Crippen molar-refractivity contribution in [2.24, 2.45) is 0 Å². The Labute approximate surface area is 417 Å². The van der Waals surface area contributed by atoms with Crippen LogP contribution in [0.2, 0.25) is 13.1 Å². The molecule has 0 aromatic heterocycles. The van der Waals surface area contributed by atoms with E-state index in [1.165, 1.54) is 103 Å². The van der Waals surface area contributed by atoms with Gasteiger partial charge in [-0.2, -0.15) is 0 Å². The summed E-state index contributed by atoms with van der Waals surface area (Å²) in [6.45, 7) is 19.5. The SMILES string of the molecule is CC1(C)c2cccc(-c3ccc(N(c4ccc(-c5ccccc5)cc4)c4ccc5c(c4)C(C)(C)c4ccc6c(c4-5)Sc4ccccc4[Si]6(C)C)cc3)c2Sc2c1ccc1c2-c2ccccc2C1(C)C. The summed E-state index contributed by atoms with van der Waals surface area (Å²) in [5.41, 5.74) is 22.1. The van der Waals surface area contributed by atoms with Crippen LogP contribution in [0.1, 0.15) is 74.9 Å². The molecule has 0 spiro atoms. The molecule has 0 atom stereocenters. The van der Waals surface area contributed by atoms with Gasteiger partial charge in [0.25, 0.3) is 0 Å². The summed E-state index contributed by atoms with van der Waals surface area (Å²) >= 11 is 3.97. The third-order valence-corrected chi connectivity index (χ3v) is 22.8. The minimum Gasteiger partial charge on any atom is -0.310 e. The van der Waals surface area contributed by atoms with E-state index in [1.807, 2.05) is 23.5 Å². The summed E-state index contributed by atoms with van der Waals surface area (Å²) in [4.78, 5) is 8.13. The fourth-order valence-corrected chi connectivity index (χ4v) is 19.8. The van der Waals surface area contributed by atoms with Crippen molar-refractivity contribution in [2.75, 3.05) is 4.90 Å². The van der Waals surface area contributed by atoms with E-state index >= 15 is 0 Å². The van der Waals surface area contributed by atoms with Crippen molar-refractivity contribution in [3.05, 3.63) is 221 Å². The molecule has 13 rings (SSSR count). The third-order valence-electron chi connectivity index (χ3n) is 16.4. The van der Waals surface area contributed by atoms with Crippen LogP contribution in [0.4, 0.5) is 17.1 Å². The molecule has 0 saturated carbocycles. The summed E-state index contributed by atoms with van der Waals surface area (Å²) in [6.07, 6.45) is 0. The van der Waals surface area contributed by atoms with Crippen molar-refractivity contribution < 1.29 is 0 Å². The van der Waals surface area contributed by atoms with Crippen LogP contribution in [0.3, 0.4) is 0 Å². The minimum absolute atomic E-state index is 0.0440. The van der Waals surface area contributed by atoms with Crippen molar-refractivity contribution >= 4 is 59.0 Å². The van der Waals surface area contributed by atoms with Crippen LogP contribution >= 0.6 is 23.5 Å². The van der Waals surface area contributed by atoms with E-state index in [0.29, 0.717) is 0 Å². The molecule has 336 valence electrons. The normalized spacial score (nSPS) is 16.5. The van der Waals surface area contributed by atoms with Gasteiger partial charge in [-0.25, -0.2) is 0 Å². The first kappa shape index (κ1) is 42.8. The molecule has 2 aliphatic carbocycles. The topological polar surface area (TPSA) is 3.24 Å². The molecule has 0 amide bonds. The zero-order valence-electron chi connectivity index (χ0n) is 40.7. The average Bonchev–Trinajstić information content (AvgIpc) is 3.74. The second kappa shape index (κ2) is 15.1. The Morgan fingerprint density at radius 3 is 1.62 bits per heavy atom. The highest BCUT2D eigenvalue weighted by Gasteiger charge is 2.44. The van der Waals surface area contributed by atoms with Gasteiger partial charge in [-0.15, -0.1) is 0 Å². The maximum absolute atomic E-state index is 2.53. The van der Waals surface area contributed by atoms with Gasteiger partial charge in [0.15, 0.2) is 0 Å². The number of hydrogen-bond acceptors (Lipinski definition) is 3. The predicted molar refractivity (Wildman–Crippen MR) is 297 cm³/mol. The highest BCUT2D eigenvalue weighted by Crippen LogP contribution is 2.60. The molecule has 0 bridgehead atoms. The molecule has 0 unspecified atom stereocenters. The quantitative estimate of drug-likeness (QED) is 0.158. The zero-order chi connectivity index (χ0) is 47.2. The lowest BCUT2D eigenvalue weighted by Gasteiger charge is -2.37. The molecule has 0 N–H and O–H groups in total. The molecular formula is C65H55NS2Si. The van der Waals surface area contributed by atoms with E-state index in [9.17, 15) is 0 Å². The van der Waals surface area contributed by atoms with Crippen LogP contribution in [-0.2, 0) is 16.2 Å². The third kappa shape index (κ3) is 6.18. The van der Waals surface area contributed by atoms with Gasteiger partial charge >= 0.3 is 0 Å². The van der Waals surface area contributed by atoms with Crippen molar-refractivity contribution in [2.45, 2.75) is 90.5 Å². The monoisotopic (exact) mass is 941 g/mol. The van der Waals surface area contributed by atoms with Crippen LogP contribution in [0.25, 0.3) is 44.5 Å². The van der Waals surface area contributed by atoms with E-state index in [2.05, 4.69) is 248 Å². The molecule has 2 heterocycles. The first-order valence-electron chi connectivity index (χ1n) is 24.5. The Hall–Kier alpha value is -6.30. The van der Waals surface area contributed by atoms with E-state index in [4.69, 9.17) is 0 Å². The standard InChI is InChI=1S/C65H55NS2Si/c1-63(2)49-21-13-12-19-47(49)58-50(63)35-36-53-61(58)68-60-46(20-16-22-52(60)65(53,5)6)42-27-31-44(32-28-42)66(43-29-25-41(26-30-43)40-17-10-9-11-18-40)45-33-34-48-54(39-45)64(3,4)51-37-38-57-62(59(48)51)67-55-23-14-15-24-56(55)69(57,7)8/h9-39H,1-8H3. The van der Waals surface area contributed by atoms with Crippen molar-refractivity contribution in [3.8, 4) is 44.5 Å². The van der Waals surface area contributed by atoms with Crippen LogP contribution in [0.15, 0.2) is 208 Å². The zero-order valence-corrected chi connectivity index (χ0v) is 43.3. The molecular weight excluding hydrogens is 887 g/mol. The molecule has 0 fully saturated rings. The largest absolute Gasteiger partial charge is 0.310 e. The van der Waals surface area contributed by atoms with E-state index < -0.39 is 8.07 Å². The lowest BCUT2D eigenvalue weighted by molar-refractivity contribution is 0.605. The van der Waals surface area contributed by atoms with Crippen LogP contribution in [-0.4, -0.2) is 8.07 Å². The Kier molecular flexibility index (Phi) is 9.36. The van der Waals surface area contributed by atoms with Gasteiger partial charge < -0.3 is 4.90 Å². The molecule has 1 nitrogen and oxygen atoms in total. The smallest absolute Gasteiger partial charge is 0.115 e. The van der Waals surface area contributed by atoms with E-state index in [0.717, 1.165) is 11.4 Å².